The molecule has 1 N–H and O–H groups in total. The lowest BCUT2D eigenvalue weighted by Crippen LogP contribution is -2.35. The molecule has 1 aliphatic carbocycles. The molecule has 2 rings (SSSR count). The summed E-state index contributed by atoms with van der Waals surface area (Å²) in [5.41, 5.74) is 1.24. The van der Waals surface area contributed by atoms with E-state index in [0.717, 1.165) is 19.6 Å². The minimum Gasteiger partial charge on any atom is -0.345 e. The molecule has 1 aliphatic rings. The van der Waals surface area contributed by atoms with E-state index >= 15 is 0 Å². The van der Waals surface area contributed by atoms with Gasteiger partial charge in [-0.1, -0.05) is 13.8 Å². The quantitative estimate of drug-likeness (QED) is 0.791. The van der Waals surface area contributed by atoms with E-state index in [1.54, 1.807) is 0 Å². The van der Waals surface area contributed by atoms with Crippen molar-refractivity contribution >= 4 is 5.91 Å². The highest BCUT2D eigenvalue weighted by molar-refractivity contribution is 5.76. The SMILES string of the molecule is CCN(C(=O)Cn1ccc(CNCC(C)C)c1)C1CC1. The molecule has 1 saturated carbocycles. The van der Waals surface area contributed by atoms with Crippen LogP contribution in [0.25, 0.3) is 0 Å². The van der Waals surface area contributed by atoms with E-state index < -0.39 is 0 Å². The van der Waals surface area contributed by atoms with E-state index in [1.165, 1.54) is 18.4 Å². The molecule has 4 nitrogen and oxygen atoms in total. The molecule has 0 spiro atoms. The molecule has 20 heavy (non-hydrogen) atoms. The van der Waals surface area contributed by atoms with Crippen LogP contribution in [-0.4, -0.2) is 34.5 Å². The largest absolute Gasteiger partial charge is 0.345 e. The molecule has 0 radical (unpaired) electrons. The topological polar surface area (TPSA) is 37.3 Å². The molecule has 1 amide bonds. The van der Waals surface area contributed by atoms with E-state index in [2.05, 4.69) is 38.4 Å². The average Bonchev–Trinajstić information content (AvgIpc) is 3.11. The first-order valence-corrected chi connectivity index (χ1v) is 7.75. The van der Waals surface area contributed by atoms with Gasteiger partial charge in [0.1, 0.15) is 6.54 Å². The Bertz CT molecular complexity index is 435. The predicted octanol–water partition coefficient (Wildman–Crippen LogP) is 2.24. The lowest BCUT2D eigenvalue weighted by atomic mass is 10.2. The van der Waals surface area contributed by atoms with Gasteiger partial charge in [0.05, 0.1) is 0 Å². The van der Waals surface area contributed by atoms with Gasteiger partial charge in [-0.15, -0.1) is 0 Å². The van der Waals surface area contributed by atoms with Gasteiger partial charge in [0.2, 0.25) is 5.91 Å². The van der Waals surface area contributed by atoms with E-state index in [-0.39, 0.29) is 5.91 Å². The van der Waals surface area contributed by atoms with Crippen LogP contribution in [-0.2, 0) is 17.9 Å². The fourth-order valence-electron chi connectivity index (χ4n) is 2.47. The molecule has 0 aliphatic heterocycles. The Morgan fingerprint density at radius 2 is 2.25 bits per heavy atom. The standard InChI is InChI=1S/C16H27N3O/c1-4-19(15-5-6-15)16(20)12-18-8-7-14(11-18)10-17-9-13(2)3/h7-8,11,13,15,17H,4-6,9-10,12H2,1-3H3. The van der Waals surface area contributed by atoms with Crippen molar-refractivity contribution in [2.24, 2.45) is 5.92 Å². The zero-order valence-electron chi connectivity index (χ0n) is 12.9. The van der Waals surface area contributed by atoms with Crippen LogP contribution in [0.4, 0.5) is 0 Å². The molecule has 1 aromatic heterocycles. The molecule has 0 bridgehead atoms. The fourth-order valence-corrected chi connectivity index (χ4v) is 2.47. The highest BCUT2D eigenvalue weighted by Crippen LogP contribution is 2.26. The van der Waals surface area contributed by atoms with Crippen molar-refractivity contribution in [3.63, 3.8) is 0 Å². The maximum atomic E-state index is 12.2. The van der Waals surface area contributed by atoms with Crippen molar-refractivity contribution in [2.75, 3.05) is 13.1 Å². The summed E-state index contributed by atoms with van der Waals surface area (Å²) in [6.07, 6.45) is 6.43. The minimum atomic E-state index is 0.243. The van der Waals surface area contributed by atoms with E-state index in [0.29, 0.717) is 18.5 Å². The molecule has 0 saturated heterocycles. The third-order valence-corrected chi connectivity index (χ3v) is 3.66. The van der Waals surface area contributed by atoms with Crippen LogP contribution in [0.15, 0.2) is 18.5 Å². The Morgan fingerprint density at radius 3 is 2.85 bits per heavy atom. The lowest BCUT2D eigenvalue weighted by Gasteiger charge is -2.20. The Morgan fingerprint density at radius 1 is 1.50 bits per heavy atom. The number of nitrogens with one attached hydrogen (secondary N) is 1. The van der Waals surface area contributed by atoms with Gasteiger partial charge in [-0.25, -0.2) is 0 Å². The van der Waals surface area contributed by atoms with Gasteiger partial charge < -0.3 is 14.8 Å². The Hall–Kier alpha value is -1.29. The van der Waals surface area contributed by atoms with Crippen molar-refractivity contribution < 1.29 is 4.79 Å². The Labute approximate surface area is 122 Å². The highest BCUT2D eigenvalue weighted by Gasteiger charge is 2.31. The van der Waals surface area contributed by atoms with Crippen LogP contribution < -0.4 is 5.32 Å². The maximum Gasteiger partial charge on any atom is 0.242 e. The second-order valence-corrected chi connectivity index (χ2v) is 6.13. The van der Waals surface area contributed by atoms with Crippen molar-refractivity contribution in [1.82, 2.24) is 14.8 Å². The molecule has 112 valence electrons. The average molecular weight is 277 g/mol. The van der Waals surface area contributed by atoms with Gasteiger partial charge in [0.25, 0.3) is 0 Å². The Kier molecular flexibility index (Phi) is 5.24. The predicted molar refractivity (Wildman–Crippen MR) is 81.4 cm³/mol. The first-order valence-electron chi connectivity index (χ1n) is 7.75. The number of hydrogen-bond donors (Lipinski definition) is 1. The lowest BCUT2D eigenvalue weighted by molar-refractivity contribution is -0.132. The first kappa shape index (κ1) is 15.1. The maximum absolute atomic E-state index is 12.2. The first-order chi connectivity index (χ1) is 9.60. The molecule has 0 unspecified atom stereocenters. The number of likely N-dealkylation sites (N-methyl/N-ethyl adjacent to an activating group) is 1. The second kappa shape index (κ2) is 6.93. The van der Waals surface area contributed by atoms with Gasteiger partial charge in [-0.2, -0.15) is 0 Å². The molecule has 1 heterocycles. The molecule has 0 aromatic carbocycles. The van der Waals surface area contributed by atoms with Gasteiger partial charge in [0, 0.05) is 31.5 Å². The Balaban J connectivity index is 1.81. The molecule has 0 atom stereocenters. The summed E-state index contributed by atoms with van der Waals surface area (Å²) in [6.45, 7) is 9.66. The summed E-state index contributed by atoms with van der Waals surface area (Å²) in [6, 6.07) is 2.60. The van der Waals surface area contributed by atoms with Crippen molar-refractivity contribution in [3.8, 4) is 0 Å². The van der Waals surface area contributed by atoms with Crippen molar-refractivity contribution in [2.45, 2.75) is 52.7 Å². The zero-order valence-corrected chi connectivity index (χ0v) is 12.9. The molecule has 1 fully saturated rings. The summed E-state index contributed by atoms with van der Waals surface area (Å²) in [4.78, 5) is 14.2. The third kappa shape index (κ3) is 4.37. The van der Waals surface area contributed by atoms with Gasteiger partial charge >= 0.3 is 0 Å². The zero-order chi connectivity index (χ0) is 14.5. The minimum absolute atomic E-state index is 0.243. The highest BCUT2D eigenvalue weighted by atomic mass is 16.2. The van der Waals surface area contributed by atoms with E-state index in [1.807, 2.05) is 15.7 Å². The van der Waals surface area contributed by atoms with Crippen LogP contribution in [0.5, 0.6) is 0 Å². The van der Waals surface area contributed by atoms with Crippen molar-refractivity contribution in [1.29, 1.82) is 0 Å². The summed E-state index contributed by atoms with van der Waals surface area (Å²) in [7, 11) is 0. The van der Waals surface area contributed by atoms with Gasteiger partial charge in [-0.3, -0.25) is 4.79 Å². The second-order valence-electron chi connectivity index (χ2n) is 6.13. The normalized spacial score (nSPS) is 14.8. The molecule has 1 aromatic rings. The van der Waals surface area contributed by atoms with Crippen LogP contribution in [0.1, 0.15) is 39.2 Å². The van der Waals surface area contributed by atoms with E-state index in [9.17, 15) is 4.79 Å². The number of hydrogen-bond acceptors (Lipinski definition) is 2. The van der Waals surface area contributed by atoms with Crippen LogP contribution in [0.2, 0.25) is 0 Å². The summed E-state index contributed by atoms with van der Waals surface area (Å²) in [5, 5.41) is 3.42. The number of aromatic nitrogens is 1. The number of amides is 1. The number of rotatable bonds is 8. The van der Waals surface area contributed by atoms with Crippen molar-refractivity contribution in [3.05, 3.63) is 24.0 Å². The number of nitrogens with zero attached hydrogens (tertiary/aromatic N) is 2. The van der Waals surface area contributed by atoms with Crippen LogP contribution in [0.3, 0.4) is 0 Å². The van der Waals surface area contributed by atoms with E-state index in [4.69, 9.17) is 0 Å². The summed E-state index contributed by atoms with van der Waals surface area (Å²) in [5.74, 6) is 0.905. The smallest absolute Gasteiger partial charge is 0.242 e. The molecular formula is C16H27N3O. The molecule has 4 heteroatoms. The van der Waals surface area contributed by atoms with Gasteiger partial charge in [0.15, 0.2) is 0 Å². The summed E-state index contributed by atoms with van der Waals surface area (Å²) < 4.78 is 2.00. The van der Waals surface area contributed by atoms with Crippen LogP contribution in [0, 0.1) is 5.92 Å². The fraction of sp³-hybridized carbons (Fsp3) is 0.688. The summed E-state index contributed by atoms with van der Waals surface area (Å²) >= 11 is 0. The number of carbonyl (C=O) groups excluding carboxylic acids is 1. The van der Waals surface area contributed by atoms with Crippen LogP contribution >= 0.6 is 0 Å². The number of carbonyl (C=O) groups is 1. The monoisotopic (exact) mass is 277 g/mol. The molecular weight excluding hydrogens is 250 g/mol. The van der Waals surface area contributed by atoms with Gasteiger partial charge in [-0.05, 0) is 43.9 Å². The third-order valence-electron chi connectivity index (χ3n) is 3.66.